The number of para-hydroxylation sites is 2. The molecule has 2 aromatic carbocycles. The number of nitrogens with zero attached hydrogens (tertiary/aromatic N) is 1. The molecule has 0 bridgehead atoms. The fraction of sp³-hybridized carbons (Fsp3) is 0.409. The summed E-state index contributed by atoms with van der Waals surface area (Å²) in [6.07, 6.45) is 3.99. The molecule has 2 aliphatic heterocycles. The number of nitrogens with one attached hydrogen (secondary N) is 1. The number of benzene rings is 2. The lowest BCUT2D eigenvalue weighted by molar-refractivity contribution is -0.143. The van der Waals surface area contributed by atoms with Gasteiger partial charge in [0.05, 0.1) is 11.6 Å². The first-order valence-electron chi connectivity index (χ1n) is 9.77. The van der Waals surface area contributed by atoms with Crippen molar-refractivity contribution in [2.75, 3.05) is 25.0 Å². The first-order chi connectivity index (χ1) is 13.2. The van der Waals surface area contributed by atoms with Gasteiger partial charge in [-0.2, -0.15) is 0 Å². The van der Waals surface area contributed by atoms with Crippen LogP contribution in [0.5, 0.6) is 0 Å². The fourth-order valence-electron chi connectivity index (χ4n) is 4.10. The van der Waals surface area contributed by atoms with E-state index in [-0.39, 0.29) is 5.92 Å². The molecule has 0 spiro atoms. The second-order valence-electron chi connectivity index (χ2n) is 7.44. The molecule has 2 aliphatic rings. The van der Waals surface area contributed by atoms with Crippen LogP contribution < -0.4 is 5.32 Å². The first kappa shape index (κ1) is 18.4. The van der Waals surface area contributed by atoms with E-state index in [2.05, 4.69) is 58.7 Å². The normalized spacial score (nSPS) is 22.2. The minimum Gasteiger partial charge on any atom is -0.481 e. The highest BCUT2D eigenvalue weighted by molar-refractivity contribution is 7.99. The molecule has 2 heterocycles. The average Bonchev–Trinajstić information content (AvgIpc) is 2.85. The quantitative estimate of drug-likeness (QED) is 0.749. The number of carboxylic acid groups (broad SMARTS) is 1. The molecule has 4 rings (SSSR count). The fourth-order valence-corrected chi connectivity index (χ4v) is 5.43. The number of rotatable bonds is 5. The maximum Gasteiger partial charge on any atom is 0.307 e. The Balaban J connectivity index is 1.43. The Kier molecular flexibility index (Phi) is 5.69. The Morgan fingerprint density at radius 1 is 1.15 bits per heavy atom. The predicted molar refractivity (Wildman–Crippen MR) is 111 cm³/mol. The van der Waals surface area contributed by atoms with Crippen LogP contribution >= 0.6 is 11.8 Å². The number of carboxylic acids is 1. The number of anilines is 2. The van der Waals surface area contributed by atoms with Gasteiger partial charge >= 0.3 is 5.97 Å². The van der Waals surface area contributed by atoms with E-state index in [9.17, 15) is 9.90 Å². The van der Waals surface area contributed by atoms with E-state index < -0.39 is 5.97 Å². The number of aliphatic carboxylic acids is 1. The van der Waals surface area contributed by atoms with Crippen molar-refractivity contribution < 1.29 is 9.90 Å². The summed E-state index contributed by atoms with van der Waals surface area (Å²) >= 11 is 1.94. The third-order valence-electron chi connectivity index (χ3n) is 5.53. The van der Waals surface area contributed by atoms with Gasteiger partial charge in [-0.1, -0.05) is 30.3 Å². The minimum absolute atomic E-state index is 0.192. The number of likely N-dealkylation sites (tertiary alicyclic amines) is 1. The lowest BCUT2D eigenvalue weighted by Crippen LogP contribution is -2.39. The Bertz CT molecular complexity index is 810. The van der Waals surface area contributed by atoms with Gasteiger partial charge in [0.25, 0.3) is 0 Å². The molecule has 5 heteroatoms. The van der Waals surface area contributed by atoms with Crippen LogP contribution in [0.3, 0.4) is 0 Å². The summed E-state index contributed by atoms with van der Waals surface area (Å²) in [6, 6.07) is 17.1. The summed E-state index contributed by atoms with van der Waals surface area (Å²) in [5, 5.41) is 13.3. The van der Waals surface area contributed by atoms with E-state index in [1.165, 1.54) is 21.8 Å². The molecule has 1 fully saturated rings. The van der Waals surface area contributed by atoms with Gasteiger partial charge in [0.2, 0.25) is 0 Å². The number of carbonyl (C=O) groups is 1. The van der Waals surface area contributed by atoms with E-state index in [0.717, 1.165) is 38.8 Å². The Labute approximate surface area is 165 Å². The van der Waals surface area contributed by atoms with Gasteiger partial charge in [-0.05, 0) is 62.5 Å². The van der Waals surface area contributed by atoms with Crippen molar-refractivity contribution in [1.29, 1.82) is 0 Å². The van der Waals surface area contributed by atoms with Crippen molar-refractivity contribution in [3.05, 3.63) is 54.1 Å². The molecule has 0 radical (unpaired) electrons. The number of piperidine rings is 1. The van der Waals surface area contributed by atoms with Gasteiger partial charge in [-0.25, -0.2) is 0 Å². The molecule has 142 valence electrons. The van der Waals surface area contributed by atoms with Crippen LogP contribution in [0.4, 0.5) is 11.4 Å². The van der Waals surface area contributed by atoms with E-state index >= 15 is 0 Å². The average molecular weight is 383 g/mol. The molecule has 27 heavy (non-hydrogen) atoms. The van der Waals surface area contributed by atoms with Crippen LogP contribution in [0.15, 0.2) is 53.4 Å². The highest BCUT2D eigenvalue weighted by Crippen LogP contribution is 2.47. The largest absolute Gasteiger partial charge is 0.481 e. The Morgan fingerprint density at radius 2 is 1.93 bits per heavy atom. The van der Waals surface area contributed by atoms with Gasteiger partial charge < -0.3 is 15.3 Å². The molecule has 1 saturated heterocycles. The van der Waals surface area contributed by atoms with Crippen LogP contribution in [-0.4, -0.2) is 35.6 Å². The molecule has 0 saturated carbocycles. The van der Waals surface area contributed by atoms with Gasteiger partial charge in [-0.15, -0.1) is 11.8 Å². The summed E-state index contributed by atoms with van der Waals surface area (Å²) < 4.78 is 0. The third kappa shape index (κ3) is 4.30. The van der Waals surface area contributed by atoms with Crippen molar-refractivity contribution in [3.63, 3.8) is 0 Å². The summed E-state index contributed by atoms with van der Waals surface area (Å²) in [5.41, 5.74) is 3.74. The van der Waals surface area contributed by atoms with Gasteiger partial charge in [0, 0.05) is 22.4 Å². The second kappa shape index (κ2) is 8.36. The van der Waals surface area contributed by atoms with E-state index in [1.54, 1.807) is 0 Å². The number of thioether (sulfide) groups is 1. The molecular formula is C22H26N2O2S. The zero-order valence-electron chi connectivity index (χ0n) is 15.4. The Morgan fingerprint density at radius 3 is 2.78 bits per heavy atom. The van der Waals surface area contributed by atoms with Gasteiger partial charge in [0.15, 0.2) is 0 Å². The second-order valence-corrected chi connectivity index (χ2v) is 8.68. The number of hydrogen-bond acceptors (Lipinski definition) is 4. The standard InChI is InChI=1S/C22H26N2O2S/c25-22(26)16-7-5-13-24(15-16)14-6-12-20-17-8-1-2-9-18(17)23-19-10-3-4-11-21(19)27-20/h1-4,8-11,16,20,23H,5-7,12-15H2,(H,25,26). The van der Waals surface area contributed by atoms with Crippen molar-refractivity contribution >= 4 is 29.1 Å². The SMILES string of the molecule is O=C(O)C1CCCN(CCCC2Sc3ccccc3Nc3ccccc32)C1. The maximum absolute atomic E-state index is 11.3. The van der Waals surface area contributed by atoms with E-state index in [1.807, 2.05) is 11.8 Å². The van der Waals surface area contributed by atoms with Gasteiger partial charge in [-0.3, -0.25) is 4.79 Å². The van der Waals surface area contributed by atoms with Crippen molar-refractivity contribution in [1.82, 2.24) is 4.90 Å². The van der Waals surface area contributed by atoms with Crippen LogP contribution in [0, 0.1) is 5.92 Å². The molecular weight excluding hydrogens is 356 g/mol. The summed E-state index contributed by atoms with van der Waals surface area (Å²) in [4.78, 5) is 14.9. The molecule has 0 aliphatic carbocycles. The lowest BCUT2D eigenvalue weighted by Gasteiger charge is -2.31. The number of fused-ring (bicyclic) bond motifs is 2. The zero-order valence-corrected chi connectivity index (χ0v) is 16.3. The van der Waals surface area contributed by atoms with E-state index in [4.69, 9.17) is 0 Å². The smallest absolute Gasteiger partial charge is 0.307 e. The van der Waals surface area contributed by atoms with Crippen LogP contribution in [0.1, 0.15) is 36.5 Å². The highest BCUT2D eigenvalue weighted by atomic mass is 32.2. The van der Waals surface area contributed by atoms with E-state index in [0.29, 0.717) is 11.8 Å². The minimum atomic E-state index is -0.643. The van der Waals surface area contributed by atoms with Crippen molar-refractivity contribution in [3.8, 4) is 0 Å². The van der Waals surface area contributed by atoms with Gasteiger partial charge in [0.1, 0.15) is 0 Å². The van der Waals surface area contributed by atoms with Crippen molar-refractivity contribution in [2.45, 2.75) is 35.8 Å². The van der Waals surface area contributed by atoms with Crippen LogP contribution in [-0.2, 0) is 4.79 Å². The monoisotopic (exact) mass is 382 g/mol. The molecule has 2 N–H and O–H groups in total. The lowest BCUT2D eigenvalue weighted by atomic mass is 9.98. The molecule has 4 nitrogen and oxygen atoms in total. The first-order valence-corrected chi connectivity index (χ1v) is 10.7. The highest BCUT2D eigenvalue weighted by Gasteiger charge is 2.26. The van der Waals surface area contributed by atoms with Crippen molar-refractivity contribution in [2.24, 2.45) is 5.92 Å². The topological polar surface area (TPSA) is 52.6 Å². The van der Waals surface area contributed by atoms with Crippen LogP contribution in [0.2, 0.25) is 0 Å². The molecule has 2 aromatic rings. The predicted octanol–water partition coefficient (Wildman–Crippen LogP) is 5.15. The summed E-state index contributed by atoms with van der Waals surface area (Å²) in [5.74, 6) is -0.835. The zero-order chi connectivity index (χ0) is 18.6. The van der Waals surface area contributed by atoms with Crippen LogP contribution in [0.25, 0.3) is 0 Å². The molecule has 2 atom stereocenters. The Hall–Kier alpha value is -1.98. The summed E-state index contributed by atoms with van der Waals surface area (Å²) in [6.45, 7) is 2.72. The summed E-state index contributed by atoms with van der Waals surface area (Å²) in [7, 11) is 0. The molecule has 0 amide bonds. The molecule has 0 aromatic heterocycles. The third-order valence-corrected chi connectivity index (χ3v) is 6.91. The maximum atomic E-state index is 11.3. The molecule has 2 unspecified atom stereocenters. The number of hydrogen-bond donors (Lipinski definition) is 2.